The van der Waals surface area contributed by atoms with Crippen LogP contribution >= 0.6 is 23.1 Å². The van der Waals surface area contributed by atoms with Gasteiger partial charge in [-0.2, -0.15) is 0 Å². The van der Waals surface area contributed by atoms with E-state index in [1.807, 2.05) is 7.05 Å². The van der Waals surface area contributed by atoms with Crippen molar-refractivity contribution >= 4 is 34.2 Å². The molecule has 0 aromatic carbocycles. The lowest BCUT2D eigenvalue weighted by atomic mass is 10.1. The third-order valence-corrected chi connectivity index (χ3v) is 4.48. The molecule has 1 N–H and O–H groups in total. The molecule has 1 aromatic rings. The molecule has 17 heavy (non-hydrogen) atoms. The van der Waals surface area contributed by atoms with Crippen molar-refractivity contribution in [1.29, 1.82) is 0 Å². The molecule has 0 aliphatic carbocycles. The molecule has 0 saturated carbocycles. The summed E-state index contributed by atoms with van der Waals surface area (Å²) >= 11 is 2.65. The van der Waals surface area contributed by atoms with Crippen LogP contribution in [0.5, 0.6) is 0 Å². The second kappa shape index (κ2) is 6.80. The molecule has 0 aliphatic heterocycles. The minimum Gasteiger partial charge on any atom is -0.481 e. The molecular weight excluding hydrogens is 258 g/mol. The van der Waals surface area contributed by atoms with Gasteiger partial charge in [0.25, 0.3) is 0 Å². The molecule has 0 fully saturated rings. The van der Waals surface area contributed by atoms with E-state index in [1.54, 1.807) is 0 Å². The van der Waals surface area contributed by atoms with Crippen LogP contribution in [0.4, 0.5) is 5.13 Å². The van der Waals surface area contributed by atoms with Gasteiger partial charge in [-0.25, -0.2) is 0 Å². The van der Waals surface area contributed by atoms with E-state index in [4.69, 9.17) is 5.11 Å². The number of carboxylic acid groups (broad SMARTS) is 1. The van der Waals surface area contributed by atoms with Crippen LogP contribution in [0.3, 0.4) is 0 Å². The van der Waals surface area contributed by atoms with Crippen LogP contribution in [0.1, 0.15) is 20.3 Å². The Morgan fingerprint density at radius 3 is 2.88 bits per heavy atom. The van der Waals surface area contributed by atoms with Crippen molar-refractivity contribution in [1.82, 2.24) is 10.2 Å². The van der Waals surface area contributed by atoms with Crippen LogP contribution < -0.4 is 4.90 Å². The lowest BCUT2D eigenvalue weighted by Crippen LogP contribution is -2.23. The van der Waals surface area contributed by atoms with Gasteiger partial charge in [0, 0.05) is 13.6 Å². The molecule has 1 aromatic heterocycles. The molecule has 5 nitrogen and oxygen atoms in total. The summed E-state index contributed by atoms with van der Waals surface area (Å²) in [6.07, 6.45) is 1.13. The Labute approximate surface area is 109 Å². The van der Waals surface area contributed by atoms with Crippen LogP contribution in [0.2, 0.25) is 0 Å². The van der Waals surface area contributed by atoms with Crippen LogP contribution in [-0.4, -0.2) is 40.6 Å². The SMILES string of the molecule is CCC(C)CN(C)c1nnc(SCC(=O)O)s1. The number of rotatable bonds is 7. The Morgan fingerprint density at radius 1 is 1.59 bits per heavy atom. The van der Waals surface area contributed by atoms with Crippen molar-refractivity contribution in [3.8, 4) is 0 Å². The fourth-order valence-corrected chi connectivity index (χ4v) is 2.74. The topological polar surface area (TPSA) is 66.3 Å². The van der Waals surface area contributed by atoms with Gasteiger partial charge in [0.15, 0.2) is 4.34 Å². The zero-order chi connectivity index (χ0) is 12.8. The van der Waals surface area contributed by atoms with Gasteiger partial charge in [-0.3, -0.25) is 4.79 Å². The van der Waals surface area contributed by atoms with E-state index < -0.39 is 5.97 Å². The number of aromatic nitrogens is 2. The number of hydrogen-bond acceptors (Lipinski definition) is 6. The summed E-state index contributed by atoms with van der Waals surface area (Å²) in [5, 5.41) is 17.4. The fourth-order valence-electron chi connectivity index (χ4n) is 1.21. The maximum Gasteiger partial charge on any atom is 0.313 e. The van der Waals surface area contributed by atoms with Crippen molar-refractivity contribution in [2.24, 2.45) is 5.92 Å². The Kier molecular flexibility index (Phi) is 5.70. The zero-order valence-corrected chi connectivity index (χ0v) is 11.8. The summed E-state index contributed by atoms with van der Waals surface area (Å²) in [5.41, 5.74) is 0. The summed E-state index contributed by atoms with van der Waals surface area (Å²) in [6.45, 7) is 5.29. The van der Waals surface area contributed by atoms with Gasteiger partial charge in [-0.15, -0.1) is 10.2 Å². The first kappa shape index (κ1) is 14.2. The van der Waals surface area contributed by atoms with Crippen LogP contribution in [0.25, 0.3) is 0 Å². The highest BCUT2D eigenvalue weighted by Gasteiger charge is 2.12. The molecule has 1 atom stereocenters. The number of nitrogens with zero attached hydrogens (tertiary/aromatic N) is 3. The lowest BCUT2D eigenvalue weighted by Gasteiger charge is -2.18. The molecular formula is C10H17N3O2S2. The molecule has 0 amide bonds. The highest BCUT2D eigenvalue weighted by molar-refractivity contribution is 8.01. The number of aliphatic carboxylic acids is 1. The predicted molar refractivity (Wildman–Crippen MR) is 71.0 cm³/mol. The van der Waals surface area contributed by atoms with E-state index in [-0.39, 0.29) is 5.75 Å². The largest absolute Gasteiger partial charge is 0.481 e. The standard InChI is InChI=1S/C10H17N3O2S2/c1-4-7(2)5-13(3)9-11-12-10(17-9)16-6-8(14)15/h7H,4-6H2,1-3H3,(H,14,15). The van der Waals surface area contributed by atoms with Crippen LogP contribution in [0, 0.1) is 5.92 Å². The molecule has 1 heterocycles. The highest BCUT2D eigenvalue weighted by Crippen LogP contribution is 2.27. The number of thioether (sulfide) groups is 1. The van der Waals surface area contributed by atoms with Crippen molar-refractivity contribution in [3.63, 3.8) is 0 Å². The van der Waals surface area contributed by atoms with Crippen LogP contribution in [0.15, 0.2) is 4.34 Å². The minimum atomic E-state index is -0.834. The molecule has 0 radical (unpaired) electrons. The first-order valence-corrected chi connectivity index (χ1v) is 7.22. The van der Waals surface area contributed by atoms with Gasteiger partial charge in [0.05, 0.1) is 5.75 Å². The molecule has 0 bridgehead atoms. The second-order valence-corrected chi connectivity index (χ2v) is 6.11. The quantitative estimate of drug-likeness (QED) is 0.770. The molecule has 0 aliphatic rings. The molecule has 0 spiro atoms. The predicted octanol–water partition coefficient (Wildman–Crippen LogP) is 2.20. The third-order valence-electron chi connectivity index (χ3n) is 2.32. The average molecular weight is 275 g/mol. The molecule has 96 valence electrons. The van der Waals surface area contributed by atoms with Gasteiger partial charge in [-0.1, -0.05) is 43.4 Å². The maximum atomic E-state index is 10.4. The van der Waals surface area contributed by atoms with E-state index >= 15 is 0 Å². The Balaban J connectivity index is 2.51. The summed E-state index contributed by atoms with van der Waals surface area (Å²) < 4.78 is 0.707. The number of hydrogen-bond donors (Lipinski definition) is 1. The Hall–Kier alpha value is -0.820. The Morgan fingerprint density at radius 2 is 2.29 bits per heavy atom. The summed E-state index contributed by atoms with van der Waals surface area (Å²) in [7, 11) is 1.98. The maximum absolute atomic E-state index is 10.4. The van der Waals surface area contributed by atoms with Gasteiger partial charge in [-0.05, 0) is 5.92 Å². The molecule has 1 rings (SSSR count). The van der Waals surface area contributed by atoms with Gasteiger partial charge in [0.2, 0.25) is 5.13 Å². The summed E-state index contributed by atoms with van der Waals surface area (Å²) in [4.78, 5) is 12.5. The number of carbonyl (C=O) groups is 1. The van der Waals surface area contributed by atoms with E-state index in [1.165, 1.54) is 23.1 Å². The van der Waals surface area contributed by atoms with E-state index in [0.29, 0.717) is 10.3 Å². The number of anilines is 1. The summed E-state index contributed by atoms with van der Waals surface area (Å²) in [5.74, 6) is -0.192. The molecule has 1 unspecified atom stereocenters. The van der Waals surface area contributed by atoms with E-state index in [9.17, 15) is 4.79 Å². The first-order chi connectivity index (χ1) is 8.02. The Bertz CT molecular complexity index is 370. The minimum absolute atomic E-state index is 0.0315. The molecule has 0 saturated heterocycles. The fraction of sp³-hybridized carbons (Fsp3) is 0.700. The summed E-state index contributed by atoms with van der Waals surface area (Å²) in [6, 6.07) is 0. The highest BCUT2D eigenvalue weighted by atomic mass is 32.2. The van der Waals surface area contributed by atoms with Crippen molar-refractivity contribution in [3.05, 3.63) is 0 Å². The first-order valence-electron chi connectivity index (χ1n) is 5.42. The monoisotopic (exact) mass is 275 g/mol. The third kappa shape index (κ3) is 4.91. The second-order valence-electron chi connectivity index (χ2n) is 3.93. The number of carboxylic acids is 1. The average Bonchev–Trinajstić information content (AvgIpc) is 2.74. The van der Waals surface area contributed by atoms with Gasteiger partial charge < -0.3 is 10.0 Å². The van der Waals surface area contributed by atoms with Crippen molar-refractivity contribution < 1.29 is 9.90 Å². The molecule has 7 heteroatoms. The van der Waals surface area contributed by atoms with Crippen molar-refractivity contribution in [2.75, 3.05) is 24.2 Å². The van der Waals surface area contributed by atoms with Gasteiger partial charge >= 0.3 is 5.97 Å². The zero-order valence-electron chi connectivity index (χ0n) is 10.2. The smallest absolute Gasteiger partial charge is 0.313 e. The van der Waals surface area contributed by atoms with Crippen LogP contribution in [-0.2, 0) is 4.79 Å². The lowest BCUT2D eigenvalue weighted by molar-refractivity contribution is -0.133. The van der Waals surface area contributed by atoms with Gasteiger partial charge in [0.1, 0.15) is 0 Å². The van der Waals surface area contributed by atoms with E-state index in [2.05, 4.69) is 28.9 Å². The van der Waals surface area contributed by atoms with E-state index in [0.717, 1.165) is 18.1 Å². The van der Waals surface area contributed by atoms with Crippen molar-refractivity contribution in [2.45, 2.75) is 24.6 Å². The normalized spacial score (nSPS) is 12.4.